The second-order valence-electron chi connectivity index (χ2n) is 6.91. The van der Waals surface area contributed by atoms with Crippen molar-refractivity contribution < 1.29 is 14.6 Å². The molecule has 0 aromatic rings. The molecule has 1 heterocycles. The smallest absolute Gasteiger partial charge is 0.211 e. The Morgan fingerprint density at radius 2 is 2.00 bits per heavy atom. The molecule has 0 aromatic heterocycles. The maximum atomic E-state index is 7.43. The Labute approximate surface area is 106 Å². The number of fused-ring (bicyclic) bond motifs is 2. The van der Waals surface area contributed by atoms with Crippen LogP contribution in [0.4, 0.5) is 0 Å². The van der Waals surface area contributed by atoms with E-state index in [-0.39, 0.29) is 17.1 Å². The number of hydrogen-bond acceptors (Lipinski definition) is 3. The number of methoxy groups -OCH3 is 1. The van der Waals surface area contributed by atoms with Crippen LogP contribution in [0.5, 0.6) is 0 Å². The Balaban J connectivity index is 2.57. The van der Waals surface area contributed by atoms with Crippen LogP contribution >= 0.6 is 0 Å². The molecule has 1 N–H and O–H groups in total. The van der Waals surface area contributed by atoms with Crippen LogP contribution < -0.4 is 0 Å². The van der Waals surface area contributed by atoms with E-state index in [4.69, 9.17) is 16.0 Å². The Bertz CT molecular complexity index is 355. The molecule has 1 saturated heterocycles. The summed E-state index contributed by atoms with van der Waals surface area (Å²) >= 11 is 0. The highest BCUT2D eigenvalue weighted by Gasteiger charge is 2.76. The van der Waals surface area contributed by atoms with Gasteiger partial charge in [0.05, 0.1) is 17.3 Å². The molecule has 2 unspecified atom stereocenters. The summed E-state index contributed by atoms with van der Waals surface area (Å²) in [6, 6.07) is 0. The van der Waals surface area contributed by atoms with Gasteiger partial charge in [0.1, 0.15) is 5.60 Å². The van der Waals surface area contributed by atoms with Gasteiger partial charge in [-0.2, -0.15) is 0 Å². The van der Waals surface area contributed by atoms with Gasteiger partial charge in [-0.1, -0.05) is 13.8 Å². The number of aliphatic hydroxyl groups is 1. The van der Waals surface area contributed by atoms with Gasteiger partial charge in [0.25, 0.3) is 0 Å². The largest absolute Gasteiger partial charge is 0.387 e. The van der Waals surface area contributed by atoms with Crippen LogP contribution in [0, 0.1) is 11.3 Å². The summed E-state index contributed by atoms with van der Waals surface area (Å²) in [7, 11) is 1.78. The molecule has 1 saturated carbocycles. The Morgan fingerprint density at radius 3 is 2.41 bits per heavy atom. The van der Waals surface area contributed by atoms with Gasteiger partial charge in [0, 0.05) is 18.4 Å². The van der Waals surface area contributed by atoms with Crippen molar-refractivity contribution in [1.82, 2.24) is 0 Å². The van der Waals surface area contributed by atoms with Gasteiger partial charge in [-0.25, -0.2) is 0 Å². The zero-order valence-corrected chi connectivity index (χ0v) is 12.1. The number of hydrogen-bond donors (Lipinski definition) is 1. The van der Waals surface area contributed by atoms with Crippen LogP contribution in [0.25, 0.3) is 0 Å². The Kier molecular flexibility index (Phi) is 2.28. The summed E-state index contributed by atoms with van der Waals surface area (Å²) in [5.41, 5.74) is -1.59. The van der Waals surface area contributed by atoms with E-state index in [2.05, 4.69) is 27.7 Å². The lowest BCUT2D eigenvalue weighted by atomic mass is 9.62. The molecule has 1 aliphatic heterocycles. The lowest BCUT2D eigenvalue weighted by Crippen LogP contribution is -2.66. The molecule has 3 nitrogen and oxygen atoms in total. The van der Waals surface area contributed by atoms with Gasteiger partial charge in [0.2, 0.25) is 1.43 Å². The van der Waals surface area contributed by atoms with Crippen LogP contribution in [0.3, 0.4) is 0 Å². The highest BCUT2D eigenvalue weighted by Crippen LogP contribution is 2.67. The number of ether oxygens (including phenoxy) is 2. The van der Waals surface area contributed by atoms with Crippen LogP contribution in [-0.4, -0.2) is 36.6 Å². The monoisotopic (exact) mass is 244 g/mol. The molecular weight excluding hydrogens is 216 g/mol. The van der Waals surface area contributed by atoms with Gasteiger partial charge >= 0.3 is 0 Å². The fourth-order valence-corrected chi connectivity index (χ4v) is 4.38. The van der Waals surface area contributed by atoms with E-state index < -0.39 is 11.2 Å². The van der Waals surface area contributed by atoms with Gasteiger partial charge in [0.15, 0.2) is 0 Å². The third-order valence-electron chi connectivity index (χ3n) is 5.82. The molecule has 3 heteroatoms. The fourth-order valence-electron chi connectivity index (χ4n) is 4.38. The second kappa shape index (κ2) is 3.25. The van der Waals surface area contributed by atoms with E-state index in [1.54, 1.807) is 7.11 Å². The van der Waals surface area contributed by atoms with Gasteiger partial charge in [-0.05, 0) is 34.1 Å². The van der Waals surface area contributed by atoms with E-state index in [0.717, 1.165) is 6.42 Å². The van der Waals surface area contributed by atoms with Crippen LogP contribution in [0.2, 0.25) is 0 Å². The molecule has 0 amide bonds. The summed E-state index contributed by atoms with van der Waals surface area (Å²) in [6.45, 7) is 12.5. The Hall–Kier alpha value is -0.120. The van der Waals surface area contributed by atoms with Crippen LogP contribution in [0.1, 0.15) is 48.0 Å². The molecule has 1 aliphatic carbocycles. The standard InChI is InChI=1S/C14H26O3/c1-9-10-8-14(17-9,12(4,5)15)11(2,3)13(10,6)16-7/h9-10,15H,8H2,1-7H3/t9-,10?,13+,14?/m0/s1/i15T. The highest BCUT2D eigenvalue weighted by atomic mass is 16.6. The van der Waals surface area contributed by atoms with Gasteiger partial charge in [-0.15, -0.1) is 0 Å². The van der Waals surface area contributed by atoms with Crippen LogP contribution in [0.15, 0.2) is 0 Å². The van der Waals surface area contributed by atoms with E-state index in [0.29, 0.717) is 5.92 Å². The first kappa shape index (κ1) is 11.9. The SMILES string of the molecule is [3H]OC(C)(C)C12CC([C@H](C)O1)[C@@](C)(OC)C2(C)C. The first-order valence-corrected chi connectivity index (χ1v) is 6.47. The van der Waals surface area contributed by atoms with Crippen molar-refractivity contribution in [2.45, 2.75) is 70.9 Å². The van der Waals surface area contributed by atoms with E-state index in [9.17, 15) is 0 Å². The van der Waals surface area contributed by atoms with Crippen LogP contribution in [-0.2, 0) is 9.47 Å². The summed E-state index contributed by atoms with van der Waals surface area (Å²) in [5.74, 6) is 0.340. The minimum Gasteiger partial charge on any atom is -0.387 e. The lowest BCUT2D eigenvalue weighted by molar-refractivity contribution is -0.278. The minimum absolute atomic E-state index is 0.136. The quantitative estimate of drug-likeness (QED) is 0.828. The molecule has 2 rings (SSSR count). The third-order valence-corrected chi connectivity index (χ3v) is 5.82. The first-order valence-electron chi connectivity index (χ1n) is 6.88. The van der Waals surface area contributed by atoms with Gasteiger partial charge < -0.3 is 14.6 Å². The van der Waals surface area contributed by atoms with Crippen molar-refractivity contribution in [3.05, 3.63) is 0 Å². The lowest BCUT2D eigenvalue weighted by Gasteiger charge is -2.56. The van der Waals surface area contributed by atoms with E-state index >= 15 is 0 Å². The molecule has 0 aromatic carbocycles. The Morgan fingerprint density at radius 1 is 1.41 bits per heavy atom. The zero-order valence-electron chi connectivity index (χ0n) is 13.1. The number of rotatable bonds is 3. The molecule has 0 spiro atoms. The fraction of sp³-hybridized carbons (Fsp3) is 1.00. The predicted molar refractivity (Wildman–Crippen MR) is 66.9 cm³/mol. The average molecular weight is 244 g/mol. The minimum atomic E-state index is -0.657. The van der Waals surface area contributed by atoms with Crippen molar-refractivity contribution in [3.63, 3.8) is 0 Å². The maximum Gasteiger partial charge on any atom is 0.211 e. The van der Waals surface area contributed by atoms with Crippen molar-refractivity contribution >= 4 is 0 Å². The topological polar surface area (TPSA) is 38.7 Å². The molecule has 4 atom stereocenters. The molecule has 0 radical (unpaired) electrons. The maximum absolute atomic E-state index is 7.43. The van der Waals surface area contributed by atoms with Gasteiger partial charge in [-0.3, -0.25) is 0 Å². The molecule has 100 valence electrons. The summed E-state index contributed by atoms with van der Waals surface area (Å²) in [6.07, 6.45) is 1.02. The summed E-state index contributed by atoms with van der Waals surface area (Å²) < 4.78 is 19.6. The summed E-state index contributed by atoms with van der Waals surface area (Å²) in [5, 5.41) is 5.03. The van der Waals surface area contributed by atoms with Crippen molar-refractivity contribution in [2.24, 2.45) is 11.3 Å². The third kappa shape index (κ3) is 1.23. The van der Waals surface area contributed by atoms with Crippen molar-refractivity contribution in [3.8, 4) is 0 Å². The van der Waals surface area contributed by atoms with Crippen molar-refractivity contribution in [2.75, 3.05) is 7.11 Å². The van der Waals surface area contributed by atoms with E-state index in [1.165, 1.54) is 0 Å². The normalized spacial score (nSPS) is 49.5. The molecule has 2 aliphatic rings. The molecule has 2 fully saturated rings. The van der Waals surface area contributed by atoms with E-state index in [1.807, 2.05) is 13.8 Å². The molecule has 17 heavy (non-hydrogen) atoms. The summed E-state index contributed by atoms with van der Waals surface area (Å²) in [4.78, 5) is 0. The molecule has 2 bridgehead atoms. The van der Waals surface area contributed by atoms with Crippen molar-refractivity contribution in [1.29, 1.82) is 1.43 Å². The first-order chi connectivity index (χ1) is 8.09. The second-order valence-corrected chi connectivity index (χ2v) is 6.91. The highest BCUT2D eigenvalue weighted by molar-refractivity contribution is 5.25. The molecular formula is C14H26O3. The zero-order chi connectivity index (χ0) is 14.0. The average Bonchev–Trinajstić information content (AvgIpc) is 2.74. The predicted octanol–water partition coefficient (Wildman–Crippen LogP) is 2.37.